The van der Waals surface area contributed by atoms with Crippen molar-refractivity contribution < 1.29 is 13.2 Å². The molecular weight excluding hydrogens is 313 g/mol. The predicted molar refractivity (Wildman–Crippen MR) is 72.9 cm³/mol. The lowest BCUT2D eigenvalue weighted by atomic mass is 10.2. The van der Waals surface area contributed by atoms with Crippen LogP contribution in [0.15, 0.2) is 6.07 Å². The van der Waals surface area contributed by atoms with Crippen LogP contribution in [0.4, 0.5) is 5.69 Å². The number of aromatic nitrogens is 1. The average molecular weight is 324 g/mol. The summed E-state index contributed by atoms with van der Waals surface area (Å²) in [4.78, 5) is 17.1. The maximum Gasteiger partial charge on any atom is 0.228 e. The van der Waals surface area contributed by atoms with Crippen molar-refractivity contribution in [2.75, 3.05) is 11.4 Å². The summed E-state index contributed by atoms with van der Waals surface area (Å²) in [5, 5.41) is 4.41. The number of hydrogen-bond acceptors (Lipinski definition) is 4. The second-order valence-corrected chi connectivity index (χ2v) is 6.91. The van der Waals surface area contributed by atoms with Gasteiger partial charge in [0.1, 0.15) is 10.4 Å². The fourth-order valence-corrected chi connectivity index (χ4v) is 3.39. The summed E-state index contributed by atoms with van der Waals surface area (Å²) in [7, 11) is -3.76. The number of pyridine rings is 1. The third-order valence-electron chi connectivity index (χ3n) is 2.93. The first-order valence-electron chi connectivity index (χ1n) is 5.34. The lowest BCUT2D eigenvalue weighted by Gasteiger charge is -2.19. The van der Waals surface area contributed by atoms with E-state index in [-0.39, 0.29) is 29.2 Å². The van der Waals surface area contributed by atoms with E-state index in [4.69, 9.17) is 28.3 Å². The van der Waals surface area contributed by atoms with E-state index in [1.807, 2.05) is 0 Å². The van der Waals surface area contributed by atoms with Gasteiger partial charge in [-0.25, -0.2) is 18.5 Å². The molecule has 1 amide bonds. The van der Waals surface area contributed by atoms with Crippen molar-refractivity contribution in [1.82, 2.24) is 4.98 Å². The van der Waals surface area contributed by atoms with E-state index >= 15 is 0 Å². The quantitative estimate of drug-likeness (QED) is 0.824. The second-order valence-electron chi connectivity index (χ2n) is 4.32. The molecule has 0 bridgehead atoms. The van der Waals surface area contributed by atoms with Crippen LogP contribution in [0, 0.1) is 6.92 Å². The van der Waals surface area contributed by atoms with Gasteiger partial charge in [-0.1, -0.05) is 23.2 Å². The van der Waals surface area contributed by atoms with E-state index in [0.29, 0.717) is 11.3 Å². The summed E-state index contributed by atoms with van der Waals surface area (Å²) in [6.45, 7) is 1.69. The number of carbonyl (C=O) groups is 1. The highest BCUT2D eigenvalue weighted by molar-refractivity contribution is 7.89. The number of amides is 1. The molecule has 0 aliphatic carbocycles. The van der Waals surface area contributed by atoms with Gasteiger partial charge in [0.2, 0.25) is 15.9 Å². The van der Waals surface area contributed by atoms with Gasteiger partial charge in [0.25, 0.3) is 0 Å². The second kappa shape index (κ2) is 4.90. The van der Waals surface area contributed by atoms with Crippen molar-refractivity contribution in [3.8, 4) is 0 Å². The van der Waals surface area contributed by atoms with Crippen molar-refractivity contribution in [3.05, 3.63) is 21.9 Å². The number of sulfonamides is 1. The molecule has 2 heterocycles. The molecule has 1 aromatic rings. The zero-order valence-electron chi connectivity index (χ0n) is 9.93. The molecule has 0 saturated carbocycles. The molecule has 9 heteroatoms. The fourth-order valence-electron chi connectivity index (χ4n) is 2.02. The molecule has 1 aliphatic rings. The van der Waals surface area contributed by atoms with Crippen molar-refractivity contribution in [2.45, 2.75) is 18.6 Å². The average Bonchev–Trinajstić information content (AvgIpc) is 2.59. The largest absolute Gasteiger partial charge is 0.308 e. The minimum absolute atomic E-state index is 0.0263. The number of nitrogens with two attached hydrogens (primary N) is 1. The summed E-state index contributed by atoms with van der Waals surface area (Å²) in [5.74, 6) is -0.354. The first kappa shape index (κ1) is 14.5. The molecule has 104 valence electrons. The lowest BCUT2D eigenvalue weighted by Crippen LogP contribution is -2.32. The first-order valence-corrected chi connectivity index (χ1v) is 7.71. The number of aryl methyl sites for hydroxylation is 1. The van der Waals surface area contributed by atoms with Crippen LogP contribution in [0.3, 0.4) is 0 Å². The Bertz CT molecular complexity index is 624. The van der Waals surface area contributed by atoms with Gasteiger partial charge in [0.15, 0.2) is 5.15 Å². The standard InChI is InChI=1S/C10H11Cl2N3O3S/c1-5-2-7(11)14-10(12)9(5)15-4-6(3-8(15)16)19(13,17)18/h2,6H,3-4H2,1H3,(H2,13,17,18). The van der Waals surface area contributed by atoms with E-state index < -0.39 is 15.3 Å². The van der Waals surface area contributed by atoms with Gasteiger partial charge in [-0.05, 0) is 18.6 Å². The predicted octanol–water partition coefficient (Wildman–Crippen LogP) is 1.09. The molecule has 1 aromatic heterocycles. The van der Waals surface area contributed by atoms with Gasteiger partial charge >= 0.3 is 0 Å². The van der Waals surface area contributed by atoms with Crippen LogP contribution in [-0.2, 0) is 14.8 Å². The molecule has 0 spiro atoms. The Hall–Kier alpha value is -0.890. The van der Waals surface area contributed by atoms with Crippen LogP contribution in [0.5, 0.6) is 0 Å². The third kappa shape index (κ3) is 2.84. The monoisotopic (exact) mass is 323 g/mol. The van der Waals surface area contributed by atoms with Crippen molar-refractivity contribution >= 4 is 44.8 Å². The van der Waals surface area contributed by atoms with Gasteiger partial charge in [0, 0.05) is 13.0 Å². The Kier molecular flexibility index (Phi) is 3.74. The zero-order chi connectivity index (χ0) is 14.4. The van der Waals surface area contributed by atoms with Crippen molar-refractivity contribution in [2.24, 2.45) is 5.14 Å². The molecule has 1 saturated heterocycles. The molecule has 0 radical (unpaired) electrons. The van der Waals surface area contributed by atoms with Crippen LogP contribution in [0.2, 0.25) is 10.3 Å². The molecule has 2 N–H and O–H groups in total. The molecule has 2 rings (SSSR count). The van der Waals surface area contributed by atoms with Crippen LogP contribution < -0.4 is 10.0 Å². The van der Waals surface area contributed by atoms with E-state index in [2.05, 4.69) is 4.98 Å². The number of halogens is 2. The van der Waals surface area contributed by atoms with Gasteiger partial charge in [0.05, 0.1) is 5.69 Å². The summed E-state index contributed by atoms with van der Waals surface area (Å²) < 4.78 is 22.6. The SMILES string of the molecule is Cc1cc(Cl)nc(Cl)c1N1CC(S(N)(=O)=O)CC1=O. The van der Waals surface area contributed by atoms with Gasteiger partial charge in [-0.2, -0.15) is 0 Å². The third-order valence-corrected chi connectivity index (χ3v) is 4.64. The Balaban J connectivity index is 2.42. The Labute approximate surface area is 120 Å². The molecule has 1 aliphatic heterocycles. The maximum atomic E-state index is 11.9. The normalized spacial score (nSPS) is 20.1. The minimum atomic E-state index is -3.76. The molecule has 19 heavy (non-hydrogen) atoms. The fraction of sp³-hybridized carbons (Fsp3) is 0.400. The zero-order valence-corrected chi connectivity index (χ0v) is 12.3. The topological polar surface area (TPSA) is 93.4 Å². The van der Waals surface area contributed by atoms with E-state index in [1.54, 1.807) is 13.0 Å². The van der Waals surface area contributed by atoms with Crippen molar-refractivity contribution in [3.63, 3.8) is 0 Å². The molecular formula is C10H11Cl2N3O3S. The van der Waals surface area contributed by atoms with Crippen LogP contribution in [0.1, 0.15) is 12.0 Å². The van der Waals surface area contributed by atoms with Crippen LogP contribution in [0.25, 0.3) is 0 Å². The van der Waals surface area contributed by atoms with Gasteiger partial charge in [-0.3, -0.25) is 4.79 Å². The van der Waals surface area contributed by atoms with E-state index in [9.17, 15) is 13.2 Å². The minimum Gasteiger partial charge on any atom is -0.308 e. The Morgan fingerprint density at radius 3 is 2.58 bits per heavy atom. The number of carbonyl (C=O) groups excluding carboxylic acids is 1. The van der Waals surface area contributed by atoms with Crippen molar-refractivity contribution in [1.29, 1.82) is 0 Å². The number of primary sulfonamides is 1. The van der Waals surface area contributed by atoms with Crippen LogP contribution in [-0.4, -0.2) is 31.1 Å². The number of hydrogen-bond donors (Lipinski definition) is 1. The summed E-state index contributed by atoms with van der Waals surface area (Å²) >= 11 is 11.7. The van der Waals surface area contributed by atoms with Crippen LogP contribution >= 0.6 is 23.2 Å². The summed E-state index contributed by atoms with van der Waals surface area (Å²) in [5.41, 5.74) is 1.02. The highest BCUT2D eigenvalue weighted by atomic mass is 35.5. The van der Waals surface area contributed by atoms with Gasteiger partial charge < -0.3 is 4.90 Å². The smallest absolute Gasteiger partial charge is 0.228 e. The van der Waals surface area contributed by atoms with E-state index in [0.717, 1.165) is 0 Å². The number of nitrogens with zero attached hydrogens (tertiary/aromatic N) is 2. The highest BCUT2D eigenvalue weighted by Crippen LogP contribution is 2.33. The maximum absolute atomic E-state index is 11.9. The first-order chi connectivity index (χ1) is 8.70. The van der Waals surface area contributed by atoms with Gasteiger partial charge in [-0.15, -0.1) is 0 Å². The summed E-state index contributed by atoms with van der Waals surface area (Å²) in [6.07, 6.45) is -0.156. The number of anilines is 1. The van der Waals surface area contributed by atoms with E-state index in [1.165, 1.54) is 4.90 Å². The molecule has 6 nitrogen and oxygen atoms in total. The highest BCUT2D eigenvalue weighted by Gasteiger charge is 2.38. The molecule has 1 unspecified atom stereocenters. The lowest BCUT2D eigenvalue weighted by molar-refractivity contribution is -0.117. The molecule has 1 atom stereocenters. The Morgan fingerprint density at radius 1 is 1.47 bits per heavy atom. The molecule has 0 aromatic carbocycles. The molecule has 1 fully saturated rings. The number of rotatable bonds is 2. The summed E-state index contributed by atoms with van der Waals surface area (Å²) in [6, 6.07) is 1.56. The Morgan fingerprint density at radius 2 is 2.11 bits per heavy atom.